The lowest BCUT2D eigenvalue weighted by Gasteiger charge is -2.18. The minimum atomic E-state index is 0.312. The van der Waals surface area contributed by atoms with E-state index in [-0.39, 0.29) is 0 Å². The third kappa shape index (κ3) is 3.56. The number of methoxy groups -OCH3 is 2. The van der Waals surface area contributed by atoms with Crippen LogP contribution in [0.3, 0.4) is 0 Å². The summed E-state index contributed by atoms with van der Waals surface area (Å²) >= 11 is 0. The third-order valence-corrected chi connectivity index (χ3v) is 5.15. The van der Waals surface area contributed by atoms with Crippen molar-refractivity contribution in [1.29, 1.82) is 0 Å². The molecule has 0 aromatic carbocycles. The van der Waals surface area contributed by atoms with Crippen molar-refractivity contribution in [3.8, 4) is 17.1 Å². The Hall–Kier alpha value is -2.40. The van der Waals surface area contributed by atoms with Crippen LogP contribution in [0.1, 0.15) is 43.1 Å². The number of fused-ring (bicyclic) bond motifs is 1. The first kappa shape index (κ1) is 19.4. The molecular formula is C22H29N3O2. The number of pyridine rings is 2. The average molecular weight is 367 g/mol. The predicted octanol–water partition coefficient (Wildman–Crippen LogP) is 4.88. The van der Waals surface area contributed by atoms with E-state index < -0.39 is 0 Å². The SMILES string of the molecule is CCc1nc(OC)ccc1-c1nc2c(C)cn([C@@H](CC)COC)c2cc1C. The average Bonchev–Trinajstić information content (AvgIpc) is 3.00. The Morgan fingerprint density at radius 1 is 1.07 bits per heavy atom. The van der Waals surface area contributed by atoms with Crippen molar-refractivity contribution in [2.24, 2.45) is 0 Å². The van der Waals surface area contributed by atoms with Crippen LogP contribution in [-0.4, -0.2) is 35.4 Å². The summed E-state index contributed by atoms with van der Waals surface area (Å²) in [5, 5.41) is 0. The Morgan fingerprint density at radius 2 is 1.85 bits per heavy atom. The maximum absolute atomic E-state index is 5.42. The van der Waals surface area contributed by atoms with E-state index >= 15 is 0 Å². The molecule has 0 saturated carbocycles. The normalized spacial score (nSPS) is 12.5. The van der Waals surface area contributed by atoms with Crippen LogP contribution in [0.5, 0.6) is 5.88 Å². The molecule has 0 aliphatic rings. The summed E-state index contributed by atoms with van der Waals surface area (Å²) in [4.78, 5) is 9.68. The van der Waals surface area contributed by atoms with Gasteiger partial charge in [-0.15, -0.1) is 0 Å². The predicted molar refractivity (Wildman–Crippen MR) is 110 cm³/mol. The lowest BCUT2D eigenvalue weighted by atomic mass is 10.0. The van der Waals surface area contributed by atoms with Crippen molar-refractivity contribution >= 4 is 11.0 Å². The highest BCUT2D eigenvalue weighted by Crippen LogP contribution is 2.32. The summed E-state index contributed by atoms with van der Waals surface area (Å²) in [6.45, 7) is 9.24. The van der Waals surface area contributed by atoms with Crippen molar-refractivity contribution in [3.63, 3.8) is 0 Å². The monoisotopic (exact) mass is 367 g/mol. The van der Waals surface area contributed by atoms with Crippen LogP contribution in [0, 0.1) is 13.8 Å². The molecule has 0 unspecified atom stereocenters. The van der Waals surface area contributed by atoms with Crippen LogP contribution in [0.25, 0.3) is 22.3 Å². The number of aryl methyl sites for hydroxylation is 3. The van der Waals surface area contributed by atoms with Crippen LogP contribution < -0.4 is 4.74 Å². The molecule has 5 nitrogen and oxygen atoms in total. The van der Waals surface area contributed by atoms with Gasteiger partial charge in [0.2, 0.25) is 5.88 Å². The van der Waals surface area contributed by atoms with Gasteiger partial charge < -0.3 is 14.0 Å². The maximum Gasteiger partial charge on any atom is 0.213 e. The zero-order chi connectivity index (χ0) is 19.6. The first-order chi connectivity index (χ1) is 13.0. The largest absolute Gasteiger partial charge is 0.481 e. The Labute approximate surface area is 161 Å². The number of ether oxygens (including phenoxy) is 2. The van der Waals surface area contributed by atoms with Gasteiger partial charge in [-0.05, 0) is 49.9 Å². The number of hydrogen-bond acceptors (Lipinski definition) is 4. The molecule has 3 aromatic rings. The fourth-order valence-electron chi connectivity index (χ4n) is 3.67. The van der Waals surface area contributed by atoms with Gasteiger partial charge in [-0.25, -0.2) is 9.97 Å². The first-order valence-electron chi connectivity index (χ1n) is 9.55. The van der Waals surface area contributed by atoms with E-state index in [4.69, 9.17) is 14.5 Å². The van der Waals surface area contributed by atoms with Crippen LogP contribution in [-0.2, 0) is 11.2 Å². The standard InChI is InChI=1S/C22H29N3O2/c1-7-16(13-26-5)25-12-15(4)22-19(25)11-14(3)21(24-22)17-9-10-20(27-6)23-18(17)8-2/h9-12,16H,7-8,13H2,1-6H3/t16-/m0/s1. The van der Waals surface area contributed by atoms with E-state index in [9.17, 15) is 0 Å². The van der Waals surface area contributed by atoms with Gasteiger partial charge in [0, 0.05) is 24.9 Å². The number of rotatable bonds is 7. The summed E-state index contributed by atoms with van der Waals surface area (Å²) in [6.07, 6.45) is 4.04. The number of aromatic nitrogens is 3. The van der Waals surface area contributed by atoms with Crippen molar-refractivity contribution in [2.75, 3.05) is 20.8 Å². The second kappa shape index (κ2) is 8.09. The molecule has 27 heavy (non-hydrogen) atoms. The molecule has 1 atom stereocenters. The smallest absolute Gasteiger partial charge is 0.213 e. The fraction of sp³-hybridized carbons (Fsp3) is 0.455. The Balaban J connectivity index is 2.18. The number of nitrogens with zero attached hydrogens (tertiary/aromatic N) is 3. The molecule has 5 heteroatoms. The molecule has 0 spiro atoms. The van der Waals surface area contributed by atoms with Crippen LogP contribution >= 0.6 is 0 Å². The summed E-state index contributed by atoms with van der Waals surface area (Å²) < 4.78 is 13.0. The van der Waals surface area contributed by atoms with E-state index in [1.165, 1.54) is 5.56 Å². The highest BCUT2D eigenvalue weighted by molar-refractivity contribution is 5.84. The zero-order valence-electron chi connectivity index (χ0n) is 17.2. The van der Waals surface area contributed by atoms with Gasteiger partial charge in [-0.3, -0.25) is 0 Å². The second-order valence-corrected chi connectivity index (χ2v) is 6.96. The lowest BCUT2D eigenvalue weighted by Crippen LogP contribution is -2.13. The van der Waals surface area contributed by atoms with Gasteiger partial charge in [0.15, 0.2) is 0 Å². The molecule has 0 radical (unpaired) electrons. The van der Waals surface area contributed by atoms with E-state index in [0.717, 1.165) is 46.4 Å². The van der Waals surface area contributed by atoms with Crippen LogP contribution in [0.2, 0.25) is 0 Å². The van der Waals surface area contributed by atoms with E-state index in [1.807, 2.05) is 6.07 Å². The Kier molecular flexibility index (Phi) is 5.80. The second-order valence-electron chi connectivity index (χ2n) is 6.96. The molecule has 144 valence electrons. The first-order valence-corrected chi connectivity index (χ1v) is 9.55. The number of hydrogen-bond donors (Lipinski definition) is 0. The molecule has 0 fully saturated rings. The Bertz CT molecular complexity index is 946. The molecule has 0 aliphatic carbocycles. The van der Waals surface area contributed by atoms with Crippen molar-refractivity contribution in [3.05, 3.63) is 41.2 Å². The molecular weight excluding hydrogens is 338 g/mol. The van der Waals surface area contributed by atoms with E-state index in [2.05, 4.69) is 55.6 Å². The third-order valence-electron chi connectivity index (χ3n) is 5.15. The summed E-state index contributed by atoms with van der Waals surface area (Å²) in [5.41, 5.74) is 7.62. The van der Waals surface area contributed by atoms with Crippen molar-refractivity contribution < 1.29 is 9.47 Å². The molecule has 0 N–H and O–H groups in total. The highest BCUT2D eigenvalue weighted by Gasteiger charge is 2.18. The molecule has 0 amide bonds. The minimum absolute atomic E-state index is 0.312. The summed E-state index contributed by atoms with van der Waals surface area (Å²) in [5.74, 6) is 0.641. The van der Waals surface area contributed by atoms with E-state index in [0.29, 0.717) is 18.5 Å². The zero-order valence-corrected chi connectivity index (χ0v) is 17.2. The molecule has 3 rings (SSSR count). The quantitative estimate of drug-likeness (QED) is 0.597. The highest BCUT2D eigenvalue weighted by atomic mass is 16.5. The Morgan fingerprint density at radius 3 is 2.48 bits per heavy atom. The van der Waals surface area contributed by atoms with Gasteiger partial charge in [-0.2, -0.15) is 0 Å². The van der Waals surface area contributed by atoms with Gasteiger partial charge in [0.25, 0.3) is 0 Å². The lowest BCUT2D eigenvalue weighted by molar-refractivity contribution is 0.155. The van der Waals surface area contributed by atoms with Gasteiger partial charge >= 0.3 is 0 Å². The maximum atomic E-state index is 5.42. The van der Waals surface area contributed by atoms with E-state index in [1.54, 1.807) is 14.2 Å². The van der Waals surface area contributed by atoms with Gasteiger partial charge in [-0.1, -0.05) is 13.8 Å². The summed E-state index contributed by atoms with van der Waals surface area (Å²) in [7, 11) is 3.40. The molecule has 0 bridgehead atoms. The van der Waals surface area contributed by atoms with Crippen molar-refractivity contribution in [2.45, 2.75) is 46.6 Å². The van der Waals surface area contributed by atoms with Gasteiger partial charge in [0.05, 0.1) is 42.2 Å². The molecule has 0 saturated heterocycles. The van der Waals surface area contributed by atoms with Gasteiger partial charge in [0.1, 0.15) is 0 Å². The van der Waals surface area contributed by atoms with Crippen molar-refractivity contribution in [1.82, 2.24) is 14.5 Å². The fourth-order valence-corrected chi connectivity index (χ4v) is 3.67. The van der Waals surface area contributed by atoms with Crippen LogP contribution in [0.15, 0.2) is 24.4 Å². The minimum Gasteiger partial charge on any atom is -0.481 e. The topological polar surface area (TPSA) is 49.2 Å². The van der Waals surface area contributed by atoms with Crippen LogP contribution in [0.4, 0.5) is 0 Å². The summed E-state index contributed by atoms with van der Waals surface area (Å²) in [6, 6.07) is 6.53. The molecule has 3 heterocycles. The molecule has 3 aromatic heterocycles. The molecule has 0 aliphatic heterocycles.